The first-order valence-corrected chi connectivity index (χ1v) is 7.22. The fourth-order valence-electron chi connectivity index (χ4n) is 2.64. The van der Waals surface area contributed by atoms with Crippen LogP contribution >= 0.6 is 12.4 Å². The Morgan fingerprint density at radius 2 is 1.81 bits per heavy atom. The number of carbonyl (C=O) groups excluding carboxylic acids is 2. The maximum Gasteiger partial charge on any atom is 0.310 e. The van der Waals surface area contributed by atoms with Crippen LogP contribution in [0.4, 0.5) is 0 Å². The van der Waals surface area contributed by atoms with Crippen LogP contribution in [-0.2, 0) is 19.1 Å². The van der Waals surface area contributed by atoms with Crippen molar-refractivity contribution >= 4 is 24.3 Å². The molecular weight excluding hydrogens is 296 g/mol. The smallest absolute Gasteiger partial charge is 0.310 e. The molecule has 0 bridgehead atoms. The lowest BCUT2D eigenvalue weighted by Crippen LogP contribution is -2.51. The number of rotatable bonds is 5. The van der Waals surface area contributed by atoms with Crippen LogP contribution in [0.5, 0.6) is 0 Å². The number of nitrogens with two attached hydrogens (primary N) is 1. The summed E-state index contributed by atoms with van der Waals surface area (Å²) < 4.78 is 9.74. The van der Waals surface area contributed by atoms with Gasteiger partial charge in [0.1, 0.15) is 6.04 Å². The minimum atomic E-state index is -0.705. The number of hydrogen-bond donors (Lipinski definition) is 2. The molecule has 1 aliphatic rings. The molecule has 7 heteroatoms. The topological polar surface area (TPSA) is 90.6 Å². The quantitative estimate of drug-likeness (QED) is 0.737. The van der Waals surface area contributed by atoms with Gasteiger partial charge in [-0.05, 0) is 12.8 Å². The second-order valence-electron chi connectivity index (χ2n) is 5.30. The number of ether oxygens (including phenoxy) is 2. The molecule has 0 aromatic rings. The third kappa shape index (κ3) is 6.63. The van der Waals surface area contributed by atoms with Crippen LogP contribution in [0.2, 0.25) is 0 Å². The molecular formula is C14H27ClN2O4. The predicted molar refractivity (Wildman–Crippen MR) is 82.2 cm³/mol. The normalized spacial score (nSPS) is 24.0. The molecule has 6 nitrogen and oxygen atoms in total. The van der Waals surface area contributed by atoms with Gasteiger partial charge in [0.05, 0.1) is 19.6 Å². The summed E-state index contributed by atoms with van der Waals surface area (Å²) in [7, 11) is 2.89. The fraction of sp³-hybridized carbons (Fsp3) is 0.857. The average molecular weight is 323 g/mol. The molecule has 3 atom stereocenters. The van der Waals surface area contributed by atoms with Crippen LogP contribution < -0.4 is 11.1 Å². The summed E-state index contributed by atoms with van der Waals surface area (Å²) in [5.74, 6) is -0.803. The van der Waals surface area contributed by atoms with E-state index < -0.39 is 6.04 Å². The van der Waals surface area contributed by atoms with E-state index in [1.807, 2.05) is 0 Å². The number of hydrogen-bond acceptors (Lipinski definition) is 5. The molecule has 0 aromatic heterocycles. The zero-order valence-electron chi connectivity index (χ0n) is 12.8. The van der Waals surface area contributed by atoms with Gasteiger partial charge in [0.2, 0.25) is 5.91 Å². The van der Waals surface area contributed by atoms with Crippen molar-refractivity contribution in [2.75, 3.05) is 20.8 Å². The Morgan fingerprint density at radius 1 is 1.19 bits per heavy atom. The van der Waals surface area contributed by atoms with E-state index in [2.05, 4.69) is 5.32 Å². The second-order valence-corrected chi connectivity index (χ2v) is 5.30. The summed E-state index contributed by atoms with van der Waals surface area (Å²) in [6, 6.07) is -0.901. The Bertz CT molecular complexity index is 328. The molecule has 1 fully saturated rings. The van der Waals surface area contributed by atoms with Crippen molar-refractivity contribution in [3.05, 3.63) is 0 Å². The van der Waals surface area contributed by atoms with Crippen molar-refractivity contribution < 1.29 is 19.1 Å². The van der Waals surface area contributed by atoms with Crippen molar-refractivity contribution in [1.82, 2.24) is 5.32 Å². The minimum absolute atomic E-state index is 0. The van der Waals surface area contributed by atoms with Gasteiger partial charge in [0.15, 0.2) is 0 Å². The van der Waals surface area contributed by atoms with Crippen LogP contribution in [0.25, 0.3) is 0 Å². The van der Waals surface area contributed by atoms with E-state index in [-0.39, 0.29) is 42.9 Å². The Hall–Kier alpha value is -0.850. The summed E-state index contributed by atoms with van der Waals surface area (Å²) in [6.07, 6.45) is 5.76. The van der Waals surface area contributed by atoms with E-state index in [9.17, 15) is 9.59 Å². The maximum atomic E-state index is 12.0. The third-order valence-electron chi connectivity index (χ3n) is 3.78. The van der Waals surface area contributed by atoms with E-state index in [0.29, 0.717) is 0 Å². The summed E-state index contributed by atoms with van der Waals surface area (Å²) in [4.78, 5) is 23.9. The zero-order valence-corrected chi connectivity index (χ0v) is 13.6. The van der Waals surface area contributed by atoms with Crippen LogP contribution in [0.1, 0.15) is 38.5 Å². The van der Waals surface area contributed by atoms with Crippen molar-refractivity contribution in [2.24, 2.45) is 11.7 Å². The minimum Gasteiger partial charge on any atom is -0.469 e. The van der Waals surface area contributed by atoms with Gasteiger partial charge in [-0.15, -0.1) is 12.4 Å². The summed E-state index contributed by atoms with van der Waals surface area (Å²) in [5, 5.41) is 2.89. The van der Waals surface area contributed by atoms with Crippen LogP contribution in [0.3, 0.4) is 0 Å². The van der Waals surface area contributed by atoms with Crippen LogP contribution in [0, 0.1) is 5.92 Å². The monoisotopic (exact) mass is 322 g/mol. The number of halogens is 1. The summed E-state index contributed by atoms with van der Waals surface area (Å²) >= 11 is 0. The standard InChI is InChI=1S/C14H26N2O4.ClH/c1-19-9-11(15)13(17)16-12-8-6-4-3-5-7-10(12)14(18)20-2;/h10-12H,3-9,15H2,1-2H3,(H,16,17);1H. The van der Waals surface area contributed by atoms with Crippen LogP contribution in [0.15, 0.2) is 0 Å². The largest absolute Gasteiger partial charge is 0.469 e. The molecule has 1 saturated carbocycles. The number of methoxy groups -OCH3 is 2. The molecule has 0 spiro atoms. The molecule has 0 radical (unpaired) electrons. The van der Waals surface area contributed by atoms with Crippen molar-refractivity contribution in [3.8, 4) is 0 Å². The number of carbonyl (C=O) groups is 2. The molecule has 1 rings (SSSR count). The lowest BCUT2D eigenvalue weighted by Gasteiger charge is -2.29. The maximum absolute atomic E-state index is 12.0. The van der Waals surface area contributed by atoms with Crippen molar-refractivity contribution in [1.29, 1.82) is 0 Å². The first kappa shape index (κ1) is 20.1. The highest BCUT2D eigenvalue weighted by Gasteiger charge is 2.31. The van der Waals surface area contributed by atoms with Gasteiger partial charge in [-0.2, -0.15) is 0 Å². The molecule has 1 aliphatic carbocycles. The number of esters is 1. The molecule has 21 heavy (non-hydrogen) atoms. The molecule has 3 N–H and O–H groups in total. The molecule has 3 unspecified atom stereocenters. The Kier molecular flexibility index (Phi) is 10.4. The predicted octanol–water partition coefficient (Wildman–Crippen LogP) is 1.01. The van der Waals surface area contributed by atoms with Gasteiger partial charge in [0.25, 0.3) is 0 Å². The Balaban J connectivity index is 0.00000400. The van der Waals surface area contributed by atoms with Gasteiger partial charge in [-0.3, -0.25) is 9.59 Å². The first-order chi connectivity index (χ1) is 9.60. The van der Waals surface area contributed by atoms with Crippen LogP contribution in [-0.4, -0.2) is 44.8 Å². The lowest BCUT2D eigenvalue weighted by atomic mass is 9.86. The fourth-order valence-corrected chi connectivity index (χ4v) is 2.64. The Labute approximate surface area is 132 Å². The number of amides is 1. The van der Waals surface area contributed by atoms with E-state index in [1.165, 1.54) is 14.2 Å². The lowest BCUT2D eigenvalue weighted by molar-refractivity contribution is -0.147. The molecule has 1 amide bonds. The highest BCUT2D eigenvalue weighted by Crippen LogP contribution is 2.24. The highest BCUT2D eigenvalue weighted by atomic mass is 35.5. The van der Waals surface area contributed by atoms with Crippen molar-refractivity contribution in [2.45, 2.75) is 50.6 Å². The first-order valence-electron chi connectivity index (χ1n) is 7.22. The van der Waals surface area contributed by atoms with E-state index in [1.54, 1.807) is 0 Å². The SMILES string of the molecule is COCC(N)C(=O)NC1CCCCCCC1C(=O)OC.Cl. The molecule has 0 heterocycles. The second kappa shape index (κ2) is 10.8. The summed E-state index contributed by atoms with van der Waals surface area (Å²) in [6.45, 7) is 0.168. The van der Waals surface area contributed by atoms with Gasteiger partial charge in [0, 0.05) is 13.2 Å². The van der Waals surface area contributed by atoms with Crippen molar-refractivity contribution in [3.63, 3.8) is 0 Å². The summed E-state index contributed by atoms with van der Waals surface area (Å²) in [5.41, 5.74) is 5.72. The van der Waals surface area contributed by atoms with Gasteiger partial charge >= 0.3 is 5.97 Å². The third-order valence-corrected chi connectivity index (χ3v) is 3.78. The molecule has 0 saturated heterocycles. The number of nitrogens with one attached hydrogen (secondary N) is 1. The molecule has 0 aromatic carbocycles. The highest BCUT2D eigenvalue weighted by molar-refractivity contribution is 5.85. The van der Waals surface area contributed by atoms with E-state index in [0.717, 1.165) is 38.5 Å². The molecule has 124 valence electrons. The zero-order chi connectivity index (χ0) is 15.0. The Morgan fingerprint density at radius 3 is 2.38 bits per heavy atom. The van der Waals surface area contributed by atoms with Gasteiger partial charge < -0.3 is 20.5 Å². The average Bonchev–Trinajstić information content (AvgIpc) is 2.41. The van der Waals surface area contributed by atoms with E-state index >= 15 is 0 Å². The van der Waals surface area contributed by atoms with Gasteiger partial charge in [-0.25, -0.2) is 0 Å². The van der Waals surface area contributed by atoms with E-state index in [4.69, 9.17) is 15.2 Å². The molecule has 0 aliphatic heterocycles. The van der Waals surface area contributed by atoms with Gasteiger partial charge in [-0.1, -0.05) is 25.7 Å².